The number of likely N-dealkylation sites (tertiary alicyclic amines) is 1. The summed E-state index contributed by atoms with van der Waals surface area (Å²) in [6, 6.07) is 9.47. The average Bonchev–Trinajstić information content (AvgIpc) is 3.02. The third-order valence-corrected chi connectivity index (χ3v) is 3.42. The van der Waals surface area contributed by atoms with Gasteiger partial charge in [-0.15, -0.1) is 10.2 Å². The van der Waals surface area contributed by atoms with Crippen LogP contribution in [0, 0.1) is 0 Å². The second-order valence-corrected chi connectivity index (χ2v) is 4.87. The molecule has 0 spiro atoms. The van der Waals surface area contributed by atoms with Crippen LogP contribution in [-0.2, 0) is 0 Å². The van der Waals surface area contributed by atoms with E-state index >= 15 is 0 Å². The van der Waals surface area contributed by atoms with E-state index < -0.39 is 0 Å². The zero-order valence-electron chi connectivity index (χ0n) is 11.4. The van der Waals surface area contributed by atoms with Crippen molar-refractivity contribution in [3.63, 3.8) is 0 Å². The Morgan fingerprint density at radius 2 is 1.90 bits per heavy atom. The van der Waals surface area contributed by atoms with Gasteiger partial charge in [-0.05, 0) is 44.1 Å². The predicted molar refractivity (Wildman–Crippen MR) is 76.4 cm³/mol. The lowest BCUT2D eigenvalue weighted by atomic mass is 10.2. The van der Waals surface area contributed by atoms with Gasteiger partial charge in [0.1, 0.15) is 12.3 Å². The summed E-state index contributed by atoms with van der Waals surface area (Å²) < 4.78 is 5.62. The van der Waals surface area contributed by atoms with Gasteiger partial charge in [-0.3, -0.25) is 9.88 Å². The molecule has 1 saturated heterocycles. The van der Waals surface area contributed by atoms with Crippen molar-refractivity contribution in [2.45, 2.75) is 12.8 Å². The molecule has 0 atom stereocenters. The molecule has 0 bridgehead atoms. The molecule has 104 valence electrons. The molecule has 5 heteroatoms. The Morgan fingerprint density at radius 1 is 1.00 bits per heavy atom. The maximum absolute atomic E-state index is 5.62. The fourth-order valence-electron chi connectivity index (χ4n) is 2.33. The minimum Gasteiger partial charge on any atom is -0.475 e. The molecular weight excluding hydrogens is 252 g/mol. The number of aromatic nitrogens is 3. The second-order valence-electron chi connectivity index (χ2n) is 4.87. The van der Waals surface area contributed by atoms with Crippen molar-refractivity contribution in [1.82, 2.24) is 20.1 Å². The third-order valence-electron chi connectivity index (χ3n) is 3.42. The standard InChI is InChI=1S/C15H18N4O/c1-2-8-16-13(5-1)14-6-7-15(18-17-14)20-12-11-19-9-3-4-10-19/h1-2,5-8H,3-4,9-12H2. The number of pyridine rings is 1. The monoisotopic (exact) mass is 270 g/mol. The van der Waals surface area contributed by atoms with Gasteiger partial charge in [-0.2, -0.15) is 0 Å². The topological polar surface area (TPSA) is 51.1 Å². The highest BCUT2D eigenvalue weighted by Crippen LogP contribution is 2.14. The van der Waals surface area contributed by atoms with Crippen LogP contribution in [0.3, 0.4) is 0 Å². The molecule has 3 rings (SSSR count). The smallest absolute Gasteiger partial charge is 0.233 e. The first-order valence-electron chi connectivity index (χ1n) is 7.02. The fraction of sp³-hybridized carbons (Fsp3) is 0.400. The minimum atomic E-state index is 0.573. The predicted octanol–water partition coefficient (Wildman–Crippen LogP) is 2.01. The van der Waals surface area contributed by atoms with Gasteiger partial charge in [-0.25, -0.2) is 0 Å². The molecule has 1 aliphatic rings. The van der Waals surface area contributed by atoms with Gasteiger partial charge in [-0.1, -0.05) is 6.07 Å². The van der Waals surface area contributed by atoms with Crippen LogP contribution in [0.5, 0.6) is 5.88 Å². The Kier molecular flexibility index (Phi) is 4.18. The SMILES string of the molecule is c1ccc(-c2ccc(OCCN3CCCC3)nn2)nc1. The molecule has 0 amide bonds. The maximum Gasteiger partial charge on any atom is 0.233 e. The summed E-state index contributed by atoms with van der Waals surface area (Å²) in [6.45, 7) is 4.00. The molecule has 0 N–H and O–H groups in total. The van der Waals surface area contributed by atoms with E-state index in [1.807, 2.05) is 30.3 Å². The molecule has 2 aromatic rings. The fourth-order valence-corrected chi connectivity index (χ4v) is 2.33. The summed E-state index contributed by atoms with van der Waals surface area (Å²) in [4.78, 5) is 6.66. The molecule has 0 aromatic carbocycles. The third kappa shape index (κ3) is 3.30. The highest BCUT2D eigenvalue weighted by Gasteiger charge is 2.11. The van der Waals surface area contributed by atoms with Gasteiger partial charge < -0.3 is 4.74 Å². The van der Waals surface area contributed by atoms with Crippen molar-refractivity contribution < 1.29 is 4.74 Å². The van der Waals surface area contributed by atoms with Crippen LogP contribution in [0.4, 0.5) is 0 Å². The number of ether oxygens (including phenoxy) is 1. The lowest BCUT2D eigenvalue weighted by Crippen LogP contribution is -2.25. The van der Waals surface area contributed by atoms with Gasteiger partial charge in [0.2, 0.25) is 5.88 Å². The lowest BCUT2D eigenvalue weighted by molar-refractivity contribution is 0.230. The summed E-state index contributed by atoms with van der Waals surface area (Å²) in [5, 5.41) is 8.24. The van der Waals surface area contributed by atoms with Crippen LogP contribution in [0.2, 0.25) is 0 Å². The van der Waals surface area contributed by atoms with E-state index in [0.717, 1.165) is 17.9 Å². The average molecular weight is 270 g/mol. The van der Waals surface area contributed by atoms with Crippen LogP contribution in [0.15, 0.2) is 36.5 Å². The molecule has 2 aromatic heterocycles. The van der Waals surface area contributed by atoms with E-state index in [0.29, 0.717) is 12.5 Å². The molecule has 0 aliphatic carbocycles. The molecule has 5 nitrogen and oxygen atoms in total. The Morgan fingerprint density at radius 3 is 2.60 bits per heavy atom. The van der Waals surface area contributed by atoms with Crippen molar-refractivity contribution in [2.24, 2.45) is 0 Å². The van der Waals surface area contributed by atoms with Crippen molar-refractivity contribution in [1.29, 1.82) is 0 Å². The molecular formula is C15H18N4O. The number of rotatable bonds is 5. The zero-order valence-corrected chi connectivity index (χ0v) is 11.4. The van der Waals surface area contributed by atoms with Gasteiger partial charge >= 0.3 is 0 Å². The summed E-state index contributed by atoms with van der Waals surface area (Å²) in [5.41, 5.74) is 1.58. The van der Waals surface area contributed by atoms with E-state index in [1.54, 1.807) is 6.20 Å². The van der Waals surface area contributed by atoms with Gasteiger partial charge in [0.25, 0.3) is 0 Å². The normalized spacial score (nSPS) is 15.4. The number of nitrogens with zero attached hydrogens (tertiary/aromatic N) is 4. The molecule has 0 radical (unpaired) electrons. The van der Waals surface area contributed by atoms with E-state index in [1.165, 1.54) is 25.9 Å². The van der Waals surface area contributed by atoms with E-state index in [9.17, 15) is 0 Å². The highest BCUT2D eigenvalue weighted by atomic mass is 16.5. The molecule has 20 heavy (non-hydrogen) atoms. The van der Waals surface area contributed by atoms with Crippen LogP contribution in [-0.4, -0.2) is 46.3 Å². The number of hydrogen-bond donors (Lipinski definition) is 0. The van der Waals surface area contributed by atoms with Crippen molar-refractivity contribution in [3.05, 3.63) is 36.5 Å². The summed E-state index contributed by atoms with van der Waals surface area (Å²) in [7, 11) is 0. The van der Waals surface area contributed by atoms with E-state index in [4.69, 9.17) is 4.74 Å². The van der Waals surface area contributed by atoms with Gasteiger partial charge in [0, 0.05) is 18.8 Å². The first-order valence-corrected chi connectivity index (χ1v) is 7.02. The van der Waals surface area contributed by atoms with Crippen LogP contribution >= 0.6 is 0 Å². The Balaban J connectivity index is 1.53. The second kappa shape index (κ2) is 6.43. The molecule has 1 aliphatic heterocycles. The van der Waals surface area contributed by atoms with E-state index in [2.05, 4.69) is 20.1 Å². The zero-order chi connectivity index (χ0) is 13.6. The maximum atomic E-state index is 5.62. The van der Waals surface area contributed by atoms with Gasteiger partial charge in [0.05, 0.1) is 5.69 Å². The quantitative estimate of drug-likeness (QED) is 0.832. The Hall–Kier alpha value is -2.01. The number of hydrogen-bond acceptors (Lipinski definition) is 5. The molecule has 3 heterocycles. The van der Waals surface area contributed by atoms with Gasteiger partial charge in [0.15, 0.2) is 0 Å². The van der Waals surface area contributed by atoms with Crippen molar-refractivity contribution in [3.8, 4) is 17.3 Å². The molecule has 0 saturated carbocycles. The highest BCUT2D eigenvalue weighted by molar-refractivity contribution is 5.52. The summed E-state index contributed by atoms with van der Waals surface area (Å²) in [5.74, 6) is 0.573. The summed E-state index contributed by atoms with van der Waals surface area (Å²) >= 11 is 0. The van der Waals surface area contributed by atoms with Crippen molar-refractivity contribution >= 4 is 0 Å². The lowest BCUT2D eigenvalue weighted by Gasteiger charge is -2.14. The summed E-state index contributed by atoms with van der Waals surface area (Å²) in [6.07, 6.45) is 4.36. The van der Waals surface area contributed by atoms with E-state index in [-0.39, 0.29) is 0 Å². The van der Waals surface area contributed by atoms with Crippen LogP contribution < -0.4 is 4.74 Å². The molecule has 1 fully saturated rings. The Labute approximate surface area is 118 Å². The first kappa shape index (κ1) is 13.0. The Bertz CT molecular complexity index is 523. The van der Waals surface area contributed by atoms with Crippen molar-refractivity contribution in [2.75, 3.05) is 26.2 Å². The minimum absolute atomic E-state index is 0.573. The first-order chi connectivity index (χ1) is 9.92. The largest absolute Gasteiger partial charge is 0.475 e. The van der Waals surface area contributed by atoms with Crippen LogP contribution in [0.1, 0.15) is 12.8 Å². The molecule has 0 unspecified atom stereocenters. The van der Waals surface area contributed by atoms with Crippen LogP contribution in [0.25, 0.3) is 11.4 Å².